The quantitative estimate of drug-likeness (QED) is 0.917. The van der Waals surface area contributed by atoms with Crippen molar-refractivity contribution < 1.29 is 17.9 Å². The molecule has 1 fully saturated rings. The zero-order valence-electron chi connectivity index (χ0n) is 11.7. The molecule has 0 aliphatic carbocycles. The lowest BCUT2D eigenvalue weighted by Gasteiger charge is -2.27. The van der Waals surface area contributed by atoms with Crippen LogP contribution in [0.15, 0.2) is 24.3 Å². The molecule has 0 unspecified atom stereocenters. The largest absolute Gasteiger partial charge is 0.493 e. The number of carbonyl (C=O) groups excluding carboxylic acids is 1. The van der Waals surface area contributed by atoms with Crippen LogP contribution in [-0.4, -0.2) is 32.4 Å². The van der Waals surface area contributed by atoms with Gasteiger partial charge in [-0.2, -0.15) is 0 Å². The van der Waals surface area contributed by atoms with Crippen LogP contribution in [-0.2, 0) is 14.6 Å². The minimum atomic E-state index is -2.92. The highest BCUT2D eigenvalue weighted by atomic mass is 32.2. The molecule has 0 spiro atoms. The zero-order chi connectivity index (χ0) is 14.9. The molecule has 1 saturated heterocycles. The minimum absolute atomic E-state index is 0.0370. The van der Waals surface area contributed by atoms with Gasteiger partial charge in [0.1, 0.15) is 5.75 Å². The lowest BCUT2D eigenvalue weighted by atomic mass is 9.99. The summed E-state index contributed by atoms with van der Waals surface area (Å²) in [6.45, 7) is 0.583. The Hall–Kier alpha value is -1.56. The first-order chi connectivity index (χ1) is 10.0. The average molecular weight is 309 g/mol. The summed E-state index contributed by atoms with van der Waals surface area (Å²) in [5.74, 6) is 1.07. The number of hydrogen-bond acceptors (Lipinski definition) is 4. The normalized spacial score (nSPS) is 26.7. The van der Waals surface area contributed by atoms with Gasteiger partial charge in [0.25, 0.3) is 0 Å². The van der Waals surface area contributed by atoms with E-state index in [2.05, 4.69) is 5.32 Å². The molecule has 0 radical (unpaired) electrons. The highest BCUT2D eigenvalue weighted by Crippen LogP contribution is 2.32. The van der Waals surface area contributed by atoms with E-state index in [1.807, 2.05) is 24.3 Å². The summed E-state index contributed by atoms with van der Waals surface area (Å²) < 4.78 is 28.4. The van der Waals surface area contributed by atoms with Crippen LogP contribution in [0, 0.1) is 5.92 Å². The van der Waals surface area contributed by atoms with Gasteiger partial charge in [0.05, 0.1) is 24.2 Å². The molecule has 114 valence electrons. The Labute approximate surface area is 124 Å². The molecule has 1 N–H and O–H groups in total. The fraction of sp³-hybridized carbons (Fsp3) is 0.533. The van der Waals surface area contributed by atoms with Crippen LogP contribution in [0.5, 0.6) is 5.75 Å². The van der Waals surface area contributed by atoms with E-state index >= 15 is 0 Å². The van der Waals surface area contributed by atoms with E-state index in [9.17, 15) is 13.2 Å². The van der Waals surface area contributed by atoms with Gasteiger partial charge < -0.3 is 10.1 Å². The molecule has 2 atom stereocenters. The van der Waals surface area contributed by atoms with Gasteiger partial charge in [-0.15, -0.1) is 0 Å². The van der Waals surface area contributed by atoms with Crippen molar-refractivity contribution >= 4 is 15.7 Å². The predicted octanol–water partition coefficient (Wildman–Crippen LogP) is 1.45. The van der Waals surface area contributed by atoms with Crippen molar-refractivity contribution in [3.8, 4) is 5.75 Å². The van der Waals surface area contributed by atoms with Gasteiger partial charge >= 0.3 is 0 Å². The fourth-order valence-electron chi connectivity index (χ4n) is 3.04. The van der Waals surface area contributed by atoms with Gasteiger partial charge in [0.15, 0.2) is 9.84 Å². The third kappa shape index (κ3) is 3.37. The zero-order valence-corrected chi connectivity index (χ0v) is 12.6. The smallest absolute Gasteiger partial charge is 0.220 e. The number of para-hydroxylation sites is 1. The molecule has 1 aromatic carbocycles. The predicted molar refractivity (Wildman–Crippen MR) is 78.8 cm³/mol. The summed E-state index contributed by atoms with van der Waals surface area (Å²) in [5, 5.41) is 3.02. The maximum atomic E-state index is 12.1. The summed E-state index contributed by atoms with van der Waals surface area (Å²) in [6, 6.07) is 7.65. The van der Waals surface area contributed by atoms with Crippen molar-refractivity contribution in [2.24, 2.45) is 5.92 Å². The summed E-state index contributed by atoms with van der Waals surface area (Å²) in [7, 11) is -2.92. The number of amides is 1. The van der Waals surface area contributed by atoms with Crippen LogP contribution in [0.25, 0.3) is 0 Å². The van der Waals surface area contributed by atoms with E-state index < -0.39 is 9.84 Å². The summed E-state index contributed by atoms with van der Waals surface area (Å²) in [4.78, 5) is 12.1. The first-order valence-corrected chi connectivity index (χ1v) is 9.07. The van der Waals surface area contributed by atoms with Crippen LogP contribution >= 0.6 is 0 Å². The molecule has 2 aliphatic heterocycles. The Bertz CT molecular complexity index is 641. The van der Waals surface area contributed by atoms with Crippen molar-refractivity contribution in [1.29, 1.82) is 0 Å². The Morgan fingerprint density at radius 1 is 1.29 bits per heavy atom. The number of nitrogens with one attached hydrogen (secondary N) is 1. The lowest BCUT2D eigenvalue weighted by Crippen LogP contribution is -2.33. The highest BCUT2D eigenvalue weighted by molar-refractivity contribution is 7.91. The van der Waals surface area contributed by atoms with Crippen LogP contribution < -0.4 is 10.1 Å². The van der Waals surface area contributed by atoms with Gasteiger partial charge in [-0.05, 0) is 18.4 Å². The molecule has 2 heterocycles. The lowest BCUT2D eigenvalue weighted by molar-refractivity contribution is -0.122. The van der Waals surface area contributed by atoms with Gasteiger partial charge in [-0.3, -0.25) is 4.79 Å². The molecular formula is C15H19NO4S. The molecule has 21 heavy (non-hydrogen) atoms. The van der Waals surface area contributed by atoms with Gasteiger partial charge in [-0.1, -0.05) is 18.2 Å². The van der Waals surface area contributed by atoms with E-state index in [0.29, 0.717) is 19.4 Å². The van der Waals surface area contributed by atoms with Gasteiger partial charge in [0, 0.05) is 18.4 Å². The van der Waals surface area contributed by atoms with E-state index in [0.717, 1.165) is 17.7 Å². The number of benzene rings is 1. The molecule has 1 amide bonds. The maximum Gasteiger partial charge on any atom is 0.220 e. The Morgan fingerprint density at radius 3 is 2.86 bits per heavy atom. The number of sulfone groups is 1. The Balaban J connectivity index is 1.61. The van der Waals surface area contributed by atoms with Gasteiger partial charge in [-0.25, -0.2) is 8.42 Å². The van der Waals surface area contributed by atoms with Crippen LogP contribution in [0.3, 0.4) is 0 Å². The highest BCUT2D eigenvalue weighted by Gasteiger charge is 2.30. The number of ether oxygens (including phenoxy) is 1. The van der Waals surface area contributed by atoms with Crippen molar-refractivity contribution in [1.82, 2.24) is 5.32 Å². The standard InChI is InChI=1S/C15H19NO4S/c17-15(9-11-6-8-21(18,19)10-11)16-13-5-7-20-14-4-2-1-3-12(13)14/h1-4,11,13H,5-10H2,(H,16,17)/t11-,13+/m1/s1. The molecule has 3 rings (SSSR count). The second kappa shape index (κ2) is 5.67. The molecule has 6 heteroatoms. The molecule has 5 nitrogen and oxygen atoms in total. The first kappa shape index (κ1) is 14.4. The minimum Gasteiger partial charge on any atom is -0.493 e. The van der Waals surface area contributed by atoms with Crippen LogP contribution in [0.4, 0.5) is 0 Å². The maximum absolute atomic E-state index is 12.1. The summed E-state index contributed by atoms with van der Waals surface area (Å²) in [5.41, 5.74) is 0.996. The van der Waals surface area contributed by atoms with Crippen molar-refractivity contribution in [2.75, 3.05) is 18.1 Å². The molecule has 1 aromatic rings. The van der Waals surface area contributed by atoms with E-state index in [4.69, 9.17) is 4.74 Å². The number of fused-ring (bicyclic) bond motifs is 1. The van der Waals surface area contributed by atoms with E-state index in [1.165, 1.54) is 0 Å². The van der Waals surface area contributed by atoms with Gasteiger partial charge in [0.2, 0.25) is 5.91 Å². The number of rotatable bonds is 3. The molecular weight excluding hydrogens is 290 g/mol. The number of hydrogen-bond donors (Lipinski definition) is 1. The monoisotopic (exact) mass is 309 g/mol. The molecule has 0 aromatic heterocycles. The summed E-state index contributed by atoms with van der Waals surface area (Å²) >= 11 is 0. The molecule has 2 aliphatic rings. The van der Waals surface area contributed by atoms with Crippen LogP contribution in [0.2, 0.25) is 0 Å². The fourth-order valence-corrected chi connectivity index (χ4v) is 4.90. The second-order valence-corrected chi connectivity index (χ2v) is 8.00. The Morgan fingerprint density at radius 2 is 2.10 bits per heavy atom. The average Bonchev–Trinajstić information content (AvgIpc) is 2.78. The van der Waals surface area contributed by atoms with E-state index in [-0.39, 0.29) is 29.4 Å². The number of carbonyl (C=O) groups is 1. The van der Waals surface area contributed by atoms with Crippen molar-refractivity contribution in [2.45, 2.75) is 25.3 Å². The van der Waals surface area contributed by atoms with Crippen LogP contribution in [0.1, 0.15) is 30.9 Å². The third-order valence-electron chi connectivity index (χ3n) is 4.09. The third-order valence-corrected chi connectivity index (χ3v) is 5.93. The first-order valence-electron chi connectivity index (χ1n) is 7.25. The summed E-state index contributed by atoms with van der Waals surface area (Å²) in [6.07, 6.45) is 1.63. The topological polar surface area (TPSA) is 72.5 Å². The molecule has 0 saturated carbocycles. The van der Waals surface area contributed by atoms with Crippen molar-refractivity contribution in [3.63, 3.8) is 0 Å². The second-order valence-electron chi connectivity index (χ2n) is 5.77. The Kier molecular flexibility index (Phi) is 3.89. The van der Waals surface area contributed by atoms with Crippen molar-refractivity contribution in [3.05, 3.63) is 29.8 Å². The SMILES string of the molecule is O=C(C[C@H]1CCS(=O)(=O)C1)N[C@H]1CCOc2ccccc21. The molecule has 0 bridgehead atoms. The van der Waals surface area contributed by atoms with E-state index in [1.54, 1.807) is 0 Å².